The fourth-order valence-corrected chi connectivity index (χ4v) is 1.86. The predicted molar refractivity (Wildman–Crippen MR) is 81.1 cm³/mol. The first-order valence-corrected chi connectivity index (χ1v) is 6.20. The quantitative estimate of drug-likeness (QED) is 0.485. The molecular formula is C15H21N3O. The van der Waals surface area contributed by atoms with Gasteiger partial charge in [-0.3, -0.25) is 10.6 Å². The van der Waals surface area contributed by atoms with Gasteiger partial charge in [-0.15, -0.1) is 0 Å². The van der Waals surface area contributed by atoms with Gasteiger partial charge in [0.1, 0.15) is 0 Å². The molecule has 0 aromatic carbocycles. The van der Waals surface area contributed by atoms with Crippen LogP contribution in [0.25, 0.3) is 0 Å². The molecule has 1 unspecified atom stereocenters. The van der Waals surface area contributed by atoms with Crippen molar-refractivity contribution in [3.05, 3.63) is 64.6 Å². The van der Waals surface area contributed by atoms with Gasteiger partial charge in [0.15, 0.2) is 0 Å². The summed E-state index contributed by atoms with van der Waals surface area (Å²) in [5, 5.41) is 0. The molecule has 1 rings (SSSR count). The van der Waals surface area contributed by atoms with Crippen molar-refractivity contribution in [1.82, 2.24) is 4.57 Å². The van der Waals surface area contributed by atoms with E-state index in [4.69, 9.17) is 5.84 Å². The molecule has 1 heterocycles. The molecule has 1 aromatic rings. The Labute approximate surface area is 113 Å². The molecule has 1 aromatic heterocycles. The second-order valence-corrected chi connectivity index (χ2v) is 4.28. The van der Waals surface area contributed by atoms with Gasteiger partial charge in [0, 0.05) is 11.8 Å². The molecule has 0 saturated carbocycles. The van der Waals surface area contributed by atoms with E-state index in [-0.39, 0.29) is 11.6 Å². The maximum Gasteiger partial charge on any atom is 0.256 e. The molecule has 4 heteroatoms. The lowest BCUT2D eigenvalue weighted by Gasteiger charge is -2.18. The van der Waals surface area contributed by atoms with Crippen molar-refractivity contribution in [2.24, 2.45) is 5.84 Å². The van der Waals surface area contributed by atoms with Gasteiger partial charge in [0.2, 0.25) is 0 Å². The van der Waals surface area contributed by atoms with Gasteiger partial charge in [0.05, 0.1) is 11.7 Å². The van der Waals surface area contributed by atoms with Crippen LogP contribution in [-0.2, 0) is 0 Å². The van der Waals surface area contributed by atoms with Crippen LogP contribution < -0.4 is 16.8 Å². The van der Waals surface area contributed by atoms with Crippen LogP contribution in [-0.4, -0.2) is 4.57 Å². The average molecular weight is 259 g/mol. The molecule has 1 atom stereocenters. The van der Waals surface area contributed by atoms with E-state index >= 15 is 0 Å². The van der Waals surface area contributed by atoms with Gasteiger partial charge in [0.25, 0.3) is 5.56 Å². The van der Waals surface area contributed by atoms with E-state index in [1.54, 1.807) is 29.8 Å². The summed E-state index contributed by atoms with van der Waals surface area (Å²) in [5.41, 5.74) is 4.69. The lowest BCUT2D eigenvalue weighted by atomic mass is 10.1. The Hall–Kier alpha value is -2.07. The third-order valence-corrected chi connectivity index (χ3v) is 3.13. The standard InChI is InChI=1S/C15H21N3O/c1-5-7-8-13(6-2)12(4)18-10-9-14(17-16)11(3)15(18)19/h5-10,12,17H,2,16H2,1,3-4H3/b7-5-,13-8+. The normalized spacial score (nSPS) is 13.6. The number of nitrogens with one attached hydrogen (secondary N) is 1. The van der Waals surface area contributed by atoms with Gasteiger partial charge in [-0.1, -0.05) is 30.9 Å². The van der Waals surface area contributed by atoms with Crippen molar-refractivity contribution >= 4 is 5.69 Å². The highest BCUT2D eigenvalue weighted by molar-refractivity contribution is 5.47. The zero-order chi connectivity index (χ0) is 14.4. The molecule has 19 heavy (non-hydrogen) atoms. The van der Waals surface area contributed by atoms with E-state index in [1.807, 2.05) is 32.1 Å². The minimum Gasteiger partial charge on any atom is -0.324 e. The van der Waals surface area contributed by atoms with Crippen LogP contribution in [0.1, 0.15) is 25.5 Å². The number of nitrogens with zero attached hydrogens (tertiary/aromatic N) is 1. The highest BCUT2D eigenvalue weighted by Gasteiger charge is 2.12. The van der Waals surface area contributed by atoms with Crippen LogP contribution in [0.5, 0.6) is 0 Å². The molecule has 102 valence electrons. The largest absolute Gasteiger partial charge is 0.324 e. The van der Waals surface area contributed by atoms with Crippen LogP contribution in [0.4, 0.5) is 5.69 Å². The number of hydrogen-bond acceptors (Lipinski definition) is 3. The molecule has 0 fully saturated rings. The summed E-state index contributed by atoms with van der Waals surface area (Å²) in [6.45, 7) is 9.46. The SMILES string of the molecule is C=C/C(=C\C=C/C)C(C)n1ccc(NN)c(C)c1=O. The average Bonchev–Trinajstić information content (AvgIpc) is 2.42. The van der Waals surface area contributed by atoms with E-state index in [0.717, 1.165) is 5.57 Å². The van der Waals surface area contributed by atoms with E-state index in [2.05, 4.69) is 12.0 Å². The number of nitrogen functional groups attached to an aromatic ring is 1. The van der Waals surface area contributed by atoms with E-state index in [9.17, 15) is 4.79 Å². The van der Waals surface area contributed by atoms with Crippen LogP contribution in [0, 0.1) is 6.92 Å². The van der Waals surface area contributed by atoms with E-state index in [0.29, 0.717) is 11.3 Å². The molecule has 0 spiro atoms. The highest BCUT2D eigenvalue weighted by Crippen LogP contribution is 2.18. The molecule has 0 amide bonds. The second kappa shape index (κ2) is 6.75. The third-order valence-electron chi connectivity index (χ3n) is 3.13. The maximum absolute atomic E-state index is 12.3. The summed E-state index contributed by atoms with van der Waals surface area (Å²) in [4.78, 5) is 12.3. The lowest BCUT2D eigenvalue weighted by molar-refractivity contribution is 0.611. The number of hydrogen-bond donors (Lipinski definition) is 2. The van der Waals surface area contributed by atoms with Crippen LogP contribution in [0.2, 0.25) is 0 Å². The topological polar surface area (TPSA) is 60.1 Å². The van der Waals surface area contributed by atoms with Crippen molar-refractivity contribution in [2.45, 2.75) is 26.8 Å². The Kier molecular flexibility index (Phi) is 5.33. The number of hydrazine groups is 1. The molecule has 0 aliphatic heterocycles. The fraction of sp³-hybridized carbons (Fsp3) is 0.267. The minimum absolute atomic E-state index is 0.0591. The Morgan fingerprint density at radius 3 is 2.79 bits per heavy atom. The van der Waals surface area contributed by atoms with Crippen molar-refractivity contribution in [3.8, 4) is 0 Å². The number of nitrogens with two attached hydrogens (primary N) is 1. The summed E-state index contributed by atoms with van der Waals surface area (Å²) in [6, 6.07) is 1.72. The van der Waals surface area contributed by atoms with Gasteiger partial charge in [-0.25, -0.2) is 0 Å². The van der Waals surface area contributed by atoms with Crippen molar-refractivity contribution in [2.75, 3.05) is 5.43 Å². The van der Waals surface area contributed by atoms with Crippen LogP contribution in [0.15, 0.2) is 53.5 Å². The Morgan fingerprint density at radius 1 is 1.58 bits per heavy atom. The van der Waals surface area contributed by atoms with Gasteiger partial charge in [-0.2, -0.15) is 0 Å². The number of anilines is 1. The van der Waals surface area contributed by atoms with Gasteiger partial charge >= 0.3 is 0 Å². The monoisotopic (exact) mass is 259 g/mol. The zero-order valence-corrected chi connectivity index (χ0v) is 11.7. The zero-order valence-electron chi connectivity index (χ0n) is 11.7. The first-order chi connectivity index (χ1) is 9.06. The predicted octanol–water partition coefficient (Wildman–Crippen LogP) is 2.69. The summed E-state index contributed by atoms with van der Waals surface area (Å²) >= 11 is 0. The molecule has 0 radical (unpaired) electrons. The Balaban J connectivity index is 3.27. The van der Waals surface area contributed by atoms with Gasteiger partial charge < -0.3 is 9.99 Å². The molecule has 3 N–H and O–H groups in total. The van der Waals surface area contributed by atoms with Gasteiger partial charge in [-0.05, 0) is 32.4 Å². The highest BCUT2D eigenvalue weighted by atomic mass is 16.1. The summed E-state index contributed by atoms with van der Waals surface area (Å²) in [7, 11) is 0. The molecular weight excluding hydrogens is 238 g/mol. The summed E-state index contributed by atoms with van der Waals surface area (Å²) in [6.07, 6.45) is 9.32. The van der Waals surface area contributed by atoms with Crippen LogP contribution >= 0.6 is 0 Å². The minimum atomic E-state index is -0.0771. The summed E-state index contributed by atoms with van der Waals surface area (Å²) in [5.74, 6) is 5.36. The molecule has 0 saturated heterocycles. The maximum atomic E-state index is 12.3. The Bertz CT molecular complexity index is 567. The van der Waals surface area contributed by atoms with Crippen molar-refractivity contribution in [1.29, 1.82) is 0 Å². The lowest BCUT2D eigenvalue weighted by Crippen LogP contribution is -2.27. The van der Waals surface area contributed by atoms with E-state index < -0.39 is 0 Å². The van der Waals surface area contributed by atoms with E-state index in [1.165, 1.54) is 0 Å². The number of aromatic nitrogens is 1. The molecule has 0 aliphatic carbocycles. The second-order valence-electron chi connectivity index (χ2n) is 4.28. The van der Waals surface area contributed by atoms with Crippen molar-refractivity contribution < 1.29 is 0 Å². The van der Waals surface area contributed by atoms with Crippen molar-refractivity contribution in [3.63, 3.8) is 0 Å². The number of rotatable bonds is 5. The number of allylic oxidation sites excluding steroid dienone is 5. The fourth-order valence-electron chi connectivity index (χ4n) is 1.86. The molecule has 0 bridgehead atoms. The molecule has 4 nitrogen and oxygen atoms in total. The first-order valence-electron chi connectivity index (χ1n) is 6.20. The smallest absolute Gasteiger partial charge is 0.256 e. The summed E-state index contributed by atoms with van der Waals surface area (Å²) < 4.78 is 1.67. The Morgan fingerprint density at radius 2 is 2.26 bits per heavy atom. The number of pyridine rings is 1. The van der Waals surface area contributed by atoms with Crippen LogP contribution in [0.3, 0.4) is 0 Å². The molecule has 0 aliphatic rings. The first kappa shape index (κ1) is 15.0. The third kappa shape index (κ3) is 3.23.